The molecule has 0 amide bonds. The maximum Gasteiger partial charge on any atom is 0.175 e. The number of hydrogen-bond acceptors (Lipinski definition) is 6. The molecular formula is C17H19FN4O3S. The van der Waals surface area contributed by atoms with Gasteiger partial charge in [-0.2, -0.15) is 0 Å². The summed E-state index contributed by atoms with van der Waals surface area (Å²) in [5, 5.41) is 6.59. The van der Waals surface area contributed by atoms with Crippen molar-refractivity contribution in [3.63, 3.8) is 0 Å². The van der Waals surface area contributed by atoms with Gasteiger partial charge in [0.05, 0.1) is 28.8 Å². The average Bonchev–Trinajstić information content (AvgIpc) is 2.96. The van der Waals surface area contributed by atoms with E-state index in [0.29, 0.717) is 40.5 Å². The minimum absolute atomic E-state index is 0.156. The van der Waals surface area contributed by atoms with E-state index in [-0.39, 0.29) is 10.7 Å². The Morgan fingerprint density at radius 3 is 2.69 bits per heavy atom. The molecular weight excluding hydrogens is 359 g/mol. The van der Waals surface area contributed by atoms with Gasteiger partial charge in [0.25, 0.3) is 0 Å². The van der Waals surface area contributed by atoms with E-state index in [9.17, 15) is 12.8 Å². The molecule has 3 aromatic rings. The maximum atomic E-state index is 14.0. The van der Waals surface area contributed by atoms with Gasteiger partial charge in [-0.3, -0.25) is 0 Å². The van der Waals surface area contributed by atoms with Crippen LogP contribution in [0.25, 0.3) is 11.0 Å². The van der Waals surface area contributed by atoms with Crippen LogP contribution in [0.1, 0.15) is 6.92 Å². The van der Waals surface area contributed by atoms with Crippen LogP contribution in [0.4, 0.5) is 21.6 Å². The summed E-state index contributed by atoms with van der Waals surface area (Å²) in [4.78, 5) is 7.31. The second-order valence-electron chi connectivity index (χ2n) is 5.70. The van der Waals surface area contributed by atoms with Gasteiger partial charge in [0.2, 0.25) is 0 Å². The highest BCUT2D eigenvalue weighted by Crippen LogP contribution is 2.33. The first-order valence-corrected chi connectivity index (χ1v) is 9.79. The van der Waals surface area contributed by atoms with Crippen LogP contribution >= 0.6 is 0 Å². The highest BCUT2D eigenvalue weighted by Gasteiger charge is 2.15. The number of H-pyrrole nitrogens is 1. The molecule has 26 heavy (non-hydrogen) atoms. The molecule has 0 aliphatic heterocycles. The lowest BCUT2D eigenvalue weighted by molar-refractivity contribution is 0.415. The Morgan fingerprint density at radius 1 is 1.27 bits per heavy atom. The Morgan fingerprint density at radius 2 is 2.04 bits per heavy atom. The fourth-order valence-electron chi connectivity index (χ4n) is 2.63. The van der Waals surface area contributed by atoms with E-state index in [4.69, 9.17) is 4.74 Å². The van der Waals surface area contributed by atoms with Gasteiger partial charge in [0.1, 0.15) is 17.2 Å². The predicted molar refractivity (Wildman–Crippen MR) is 99.6 cm³/mol. The van der Waals surface area contributed by atoms with E-state index >= 15 is 0 Å². The number of methoxy groups -OCH3 is 1. The van der Waals surface area contributed by atoms with Crippen molar-refractivity contribution in [2.75, 3.05) is 30.5 Å². The van der Waals surface area contributed by atoms with E-state index in [1.165, 1.54) is 25.4 Å². The molecule has 1 aromatic carbocycles. The highest BCUT2D eigenvalue weighted by molar-refractivity contribution is 7.90. The van der Waals surface area contributed by atoms with Crippen LogP contribution in [-0.2, 0) is 9.84 Å². The third kappa shape index (κ3) is 3.43. The number of aromatic amines is 1. The first kappa shape index (κ1) is 18.0. The molecule has 0 spiro atoms. The molecule has 0 unspecified atom stereocenters. The van der Waals surface area contributed by atoms with Crippen LogP contribution in [0, 0.1) is 5.82 Å². The summed E-state index contributed by atoms with van der Waals surface area (Å²) in [6, 6.07) is 6.21. The number of benzene rings is 1. The molecule has 0 saturated carbocycles. The molecule has 2 heterocycles. The molecule has 7 nitrogen and oxygen atoms in total. The molecule has 9 heteroatoms. The van der Waals surface area contributed by atoms with Crippen molar-refractivity contribution in [3.8, 4) is 5.75 Å². The number of aromatic nitrogens is 2. The molecule has 138 valence electrons. The number of pyridine rings is 1. The molecule has 3 N–H and O–H groups in total. The van der Waals surface area contributed by atoms with Crippen molar-refractivity contribution < 1.29 is 17.5 Å². The fourth-order valence-corrected chi connectivity index (χ4v) is 3.27. The number of halogens is 1. The van der Waals surface area contributed by atoms with Crippen LogP contribution in [0.2, 0.25) is 0 Å². The Bertz CT molecular complexity index is 1060. The van der Waals surface area contributed by atoms with Gasteiger partial charge in [-0.05, 0) is 19.1 Å². The first-order valence-electron chi connectivity index (χ1n) is 7.90. The number of nitrogens with one attached hydrogen (secondary N) is 3. The first-order chi connectivity index (χ1) is 12.3. The minimum Gasteiger partial charge on any atom is -0.495 e. The van der Waals surface area contributed by atoms with Gasteiger partial charge in [-0.15, -0.1) is 0 Å². The van der Waals surface area contributed by atoms with Crippen LogP contribution < -0.4 is 15.4 Å². The molecule has 2 aromatic heterocycles. The van der Waals surface area contributed by atoms with Crippen molar-refractivity contribution >= 4 is 38.1 Å². The molecule has 0 atom stereocenters. The van der Waals surface area contributed by atoms with Gasteiger partial charge in [0.15, 0.2) is 15.7 Å². The number of rotatable bonds is 6. The number of hydrogen-bond donors (Lipinski definition) is 3. The molecule has 0 fully saturated rings. The van der Waals surface area contributed by atoms with Gasteiger partial charge < -0.3 is 20.4 Å². The largest absolute Gasteiger partial charge is 0.495 e. The molecule has 0 radical (unpaired) electrons. The maximum absolute atomic E-state index is 14.0. The minimum atomic E-state index is -3.35. The van der Waals surface area contributed by atoms with Gasteiger partial charge in [0, 0.05) is 31.1 Å². The number of nitrogens with zero attached hydrogens (tertiary/aromatic N) is 1. The van der Waals surface area contributed by atoms with Crippen LogP contribution in [0.15, 0.2) is 35.4 Å². The smallest absolute Gasteiger partial charge is 0.175 e. The topological polar surface area (TPSA) is 96.1 Å². The van der Waals surface area contributed by atoms with Crippen molar-refractivity contribution in [1.82, 2.24) is 9.97 Å². The zero-order valence-corrected chi connectivity index (χ0v) is 15.4. The van der Waals surface area contributed by atoms with Crippen LogP contribution in [-0.4, -0.2) is 38.3 Å². The zero-order valence-electron chi connectivity index (χ0n) is 14.6. The van der Waals surface area contributed by atoms with Crippen molar-refractivity contribution in [2.24, 2.45) is 0 Å². The van der Waals surface area contributed by atoms with E-state index < -0.39 is 9.84 Å². The number of anilines is 3. The Labute approximate surface area is 150 Å². The molecule has 0 aliphatic rings. The van der Waals surface area contributed by atoms with Crippen molar-refractivity contribution in [3.05, 3.63) is 36.3 Å². The Balaban J connectivity index is 2.03. The highest BCUT2D eigenvalue weighted by atomic mass is 32.2. The second kappa shape index (κ2) is 6.83. The molecule has 0 saturated heterocycles. The quantitative estimate of drug-likeness (QED) is 0.609. The van der Waals surface area contributed by atoms with Gasteiger partial charge in [-0.1, -0.05) is 0 Å². The Hall–Kier alpha value is -2.81. The van der Waals surface area contributed by atoms with E-state index in [2.05, 4.69) is 20.6 Å². The summed E-state index contributed by atoms with van der Waals surface area (Å²) in [5.41, 5.74) is 1.54. The lowest BCUT2D eigenvalue weighted by Gasteiger charge is -2.13. The molecule has 0 bridgehead atoms. The lowest BCUT2D eigenvalue weighted by atomic mass is 10.2. The number of ether oxygens (including phenoxy) is 1. The summed E-state index contributed by atoms with van der Waals surface area (Å²) in [5.74, 6) is 0.434. The number of sulfone groups is 1. The summed E-state index contributed by atoms with van der Waals surface area (Å²) in [6.45, 7) is 2.53. The van der Waals surface area contributed by atoms with E-state index in [1.807, 2.05) is 6.92 Å². The van der Waals surface area contributed by atoms with E-state index in [0.717, 1.165) is 6.26 Å². The van der Waals surface area contributed by atoms with Crippen LogP contribution in [0.5, 0.6) is 5.75 Å². The monoisotopic (exact) mass is 378 g/mol. The summed E-state index contributed by atoms with van der Waals surface area (Å²) >= 11 is 0. The fraction of sp³-hybridized carbons (Fsp3) is 0.235. The SMILES string of the molecule is CCNc1cc(Nc2ccc(S(C)(=O)=O)cc2OC)nc2[nH]cc(F)c12. The Kier molecular flexibility index (Phi) is 4.73. The summed E-state index contributed by atoms with van der Waals surface area (Å²) in [6.07, 6.45) is 2.39. The third-order valence-corrected chi connectivity index (χ3v) is 4.94. The third-order valence-electron chi connectivity index (χ3n) is 3.83. The standard InChI is InChI=1S/C17H19FN4O3S/c1-4-19-13-8-15(22-17-16(13)11(18)9-20-17)21-12-6-5-10(26(3,23)24)7-14(12)25-2/h5-9H,4H2,1-3H3,(H3,19,20,21,22). The van der Waals surface area contributed by atoms with Crippen LogP contribution in [0.3, 0.4) is 0 Å². The lowest BCUT2D eigenvalue weighted by Crippen LogP contribution is -2.03. The number of fused-ring (bicyclic) bond motifs is 1. The van der Waals surface area contributed by atoms with Crippen molar-refractivity contribution in [1.29, 1.82) is 0 Å². The van der Waals surface area contributed by atoms with E-state index in [1.54, 1.807) is 12.1 Å². The summed E-state index contributed by atoms with van der Waals surface area (Å²) < 4.78 is 42.6. The molecule has 0 aliphatic carbocycles. The predicted octanol–water partition coefficient (Wildman–Crippen LogP) is 3.29. The summed E-state index contributed by atoms with van der Waals surface area (Å²) in [7, 11) is -1.89. The van der Waals surface area contributed by atoms with Crippen molar-refractivity contribution in [2.45, 2.75) is 11.8 Å². The molecule has 3 rings (SSSR count). The average molecular weight is 378 g/mol. The normalized spacial score (nSPS) is 11.5. The second-order valence-corrected chi connectivity index (χ2v) is 7.72. The van der Waals surface area contributed by atoms with Gasteiger partial charge in [-0.25, -0.2) is 17.8 Å². The van der Waals surface area contributed by atoms with Gasteiger partial charge >= 0.3 is 0 Å². The zero-order chi connectivity index (χ0) is 18.9.